The van der Waals surface area contributed by atoms with Gasteiger partial charge in [-0.3, -0.25) is 4.52 Å². The van der Waals surface area contributed by atoms with Crippen molar-refractivity contribution in [1.82, 2.24) is 0 Å². The molecule has 4 N–H and O–H groups in total. The van der Waals surface area contributed by atoms with Crippen LogP contribution in [0.4, 0.5) is 0 Å². The molecule has 0 amide bonds. The number of hydrogen-bond donors (Lipinski definition) is 3. The lowest BCUT2D eigenvalue weighted by molar-refractivity contribution is 0.153. The van der Waals surface area contributed by atoms with Crippen LogP contribution in [0.2, 0.25) is 0 Å². The Balaban J connectivity index is 1.49. The monoisotopic (exact) mass is 389 g/mol. The minimum atomic E-state index is -4.47. The molecule has 2 aromatic carbocycles. The molecule has 0 aliphatic heterocycles. The smallest absolute Gasteiger partial charge is 0.323 e. The molecule has 27 heavy (non-hydrogen) atoms. The molecule has 0 bridgehead atoms. The van der Waals surface area contributed by atoms with E-state index in [2.05, 4.69) is 53.1 Å². The molecular formula is C21H28NO4P. The molecule has 2 atom stereocenters. The highest BCUT2D eigenvalue weighted by molar-refractivity contribution is 7.46. The van der Waals surface area contributed by atoms with Crippen LogP contribution in [0.15, 0.2) is 54.6 Å². The van der Waals surface area contributed by atoms with Gasteiger partial charge in [-0.25, -0.2) is 4.57 Å². The van der Waals surface area contributed by atoms with Crippen molar-refractivity contribution in [2.45, 2.75) is 50.0 Å². The second kappa shape index (κ2) is 8.68. The third-order valence-corrected chi connectivity index (χ3v) is 5.85. The van der Waals surface area contributed by atoms with Gasteiger partial charge in [-0.15, -0.1) is 0 Å². The third-order valence-electron chi connectivity index (χ3n) is 5.39. The lowest BCUT2D eigenvalue weighted by Gasteiger charge is -2.24. The average Bonchev–Trinajstić information content (AvgIpc) is 3.04. The van der Waals surface area contributed by atoms with Gasteiger partial charge in [-0.1, -0.05) is 54.6 Å². The summed E-state index contributed by atoms with van der Waals surface area (Å²) in [5.41, 5.74) is 9.55. The fraction of sp³-hybridized carbons (Fsp3) is 0.429. The second-order valence-corrected chi connectivity index (χ2v) is 8.89. The first kappa shape index (κ1) is 20.2. The Morgan fingerprint density at radius 2 is 1.67 bits per heavy atom. The lowest BCUT2D eigenvalue weighted by Crippen LogP contribution is -2.41. The second-order valence-electron chi connectivity index (χ2n) is 7.65. The van der Waals surface area contributed by atoms with Crippen molar-refractivity contribution in [3.63, 3.8) is 0 Å². The van der Waals surface area contributed by atoms with Gasteiger partial charge in [-0.05, 0) is 61.1 Å². The standard InChI is InChI=1S/C21H28NO4P/c22-21(16-26-27(23,24)25)14-13-20(15-21)19-11-9-18(10-12-19)8-4-7-17-5-2-1-3-6-17/h1-3,5-6,9-12,20H,4,7-8,13-16,22H2,(H2,23,24,25)/t20-,21-/m1/s1. The highest BCUT2D eigenvalue weighted by Crippen LogP contribution is 2.43. The minimum absolute atomic E-state index is 0.106. The summed E-state index contributed by atoms with van der Waals surface area (Å²) in [4.78, 5) is 17.8. The van der Waals surface area contributed by atoms with Crippen molar-refractivity contribution in [3.05, 3.63) is 71.3 Å². The van der Waals surface area contributed by atoms with Gasteiger partial charge in [-0.2, -0.15) is 0 Å². The van der Waals surface area contributed by atoms with Crippen molar-refractivity contribution in [2.24, 2.45) is 5.73 Å². The maximum Gasteiger partial charge on any atom is 0.469 e. The molecule has 1 saturated carbocycles. The summed E-state index contributed by atoms with van der Waals surface area (Å²) >= 11 is 0. The van der Waals surface area contributed by atoms with E-state index in [1.165, 1.54) is 16.7 Å². The molecule has 1 fully saturated rings. The summed E-state index contributed by atoms with van der Waals surface area (Å²) in [6.45, 7) is -0.106. The van der Waals surface area contributed by atoms with E-state index in [0.29, 0.717) is 18.8 Å². The van der Waals surface area contributed by atoms with Gasteiger partial charge >= 0.3 is 7.82 Å². The Bertz CT molecular complexity index is 775. The number of phosphoric acid groups is 1. The van der Waals surface area contributed by atoms with Crippen LogP contribution in [0.1, 0.15) is 48.3 Å². The maximum absolute atomic E-state index is 10.9. The molecule has 146 valence electrons. The molecule has 0 heterocycles. The summed E-state index contributed by atoms with van der Waals surface area (Å²) in [6, 6.07) is 19.2. The lowest BCUT2D eigenvalue weighted by atomic mass is 9.92. The Kier molecular flexibility index (Phi) is 6.51. The largest absolute Gasteiger partial charge is 0.469 e. The van der Waals surface area contributed by atoms with Crippen LogP contribution < -0.4 is 5.73 Å². The van der Waals surface area contributed by atoms with Crippen LogP contribution in [-0.4, -0.2) is 21.9 Å². The highest BCUT2D eigenvalue weighted by Gasteiger charge is 2.38. The molecule has 5 nitrogen and oxygen atoms in total. The Morgan fingerprint density at radius 3 is 2.30 bits per heavy atom. The van der Waals surface area contributed by atoms with Crippen molar-refractivity contribution in [1.29, 1.82) is 0 Å². The molecule has 2 aromatic rings. The SMILES string of the molecule is N[C@]1(COP(=O)(O)O)CC[C@@H](c2ccc(CCCc3ccccc3)cc2)C1. The van der Waals surface area contributed by atoms with Crippen LogP contribution in [0.25, 0.3) is 0 Å². The molecular weight excluding hydrogens is 361 g/mol. The summed E-state index contributed by atoms with van der Waals surface area (Å²) < 4.78 is 15.6. The Labute approximate surface area is 160 Å². The van der Waals surface area contributed by atoms with E-state index in [1.54, 1.807) is 0 Å². The van der Waals surface area contributed by atoms with Crippen molar-refractivity contribution >= 4 is 7.82 Å². The zero-order valence-electron chi connectivity index (χ0n) is 15.5. The van der Waals surface area contributed by atoms with Gasteiger partial charge in [0.2, 0.25) is 0 Å². The van der Waals surface area contributed by atoms with Crippen LogP contribution in [0.5, 0.6) is 0 Å². The normalized spacial score (nSPS) is 22.9. The van der Waals surface area contributed by atoms with E-state index >= 15 is 0 Å². The number of hydrogen-bond acceptors (Lipinski definition) is 3. The molecule has 0 saturated heterocycles. The van der Waals surface area contributed by atoms with Crippen molar-refractivity contribution in [2.75, 3.05) is 6.61 Å². The molecule has 0 unspecified atom stereocenters. The quantitative estimate of drug-likeness (QED) is 0.595. The van der Waals surface area contributed by atoms with Gasteiger partial charge < -0.3 is 15.5 Å². The van der Waals surface area contributed by atoms with E-state index in [1.807, 2.05) is 6.07 Å². The van der Waals surface area contributed by atoms with E-state index in [9.17, 15) is 4.57 Å². The van der Waals surface area contributed by atoms with Gasteiger partial charge in [0.1, 0.15) is 0 Å². The molecule has 1 aliphatic rings. The minimum Gasteiger partial charge on any atom is -0.323 e. The first-order chi connectivity index (χ1) is 12.8. The maximum atomic E-state index is 10.9. The molecule has 3 rings (SSSR count). The zero-order valence-corrected chi connectivity index (χ0v) is 16.4. The first-order valence-corrected chi connectivity index (χ1v) is 11.0. The molecule has 0 aromatic heterocycles. The van der Waals surface area contributed by atoms with Crippen molar-refractivity contribution < 1.29 is 18.9 Å². The summed E-state index contributed by atoms with van der Waals surface area (Å²) in [7, 11) is -4.47. The van der Waals surface area contributed by atoms with Crippen LogP contribution in [0.3, 0.4) is 0 Å². The number of benzene rings is 2. The number of aryl methyl sites for hydroxylation is 2. The summed E-state index contributed by atoms with van der Waals surface area (Å²) in [5.74, 6) is 0.314. The van der Waals surface area contributed by atoms with Gasteiger partial charge in [0.15, 0.2) is 0 Å². The highest BCUT2D eigenvalue weighted by atomic mass is 31.2. The van der Waals surface area contributed by atoms with Crippen LogP contribution >= 0.6 is 7.82 Å². The van der Waals surface area contributed by atoms with Crippen molar-refractivity contribution in [3.8, 4) is 0 Å². The zero-order chi connectivity index (χ0) is 19.3. The van der Waals surface area contributed by atoms with Crippen LogP contribution in [-0.2, 0) is 21.9 Å². The Hall–Kier alpha value is -1.49. The molecule has 6 heteroatoms. The molecule has 0 radical (unpaired) electrons. The number of nitrogens with two attached hydrogens (primary N) is 1. The fourth-order valence-electron chi connectivity index (χ4n) is 3.88. The summed E-state index contributed by atoms with van der Waals surface area (Å²) in [6.07, 6.45) is 5.56. The van der Waals surface area contributed by atoms with E-state index in [0.717, 1.165) is 25.7 Å². The van der Waals surface area contributed by atoms with E-state index < -0.39 is 13.4 Å². The molecule has 0 spiro atoms. The van der Waals surface area contributed by atoms with Gasteiger partial charge in [0.05, 0.1) is 6.61 Å². The topological polar surface area (TPSA) is 92.8 Å². The van der Waals surface area contributed by atoms with E-state index in [4.69, 9.17) is 15.5 Å². The average molecular weight is 389 g/mol. The van der Waals surface area contributed by atoms with E-state index in [-0.39, 0.29) is 6.61 Å². The number of rotatable bonds is 8. The predicted octanol–water partition coefficient (Wildman–Crippen LogP) is 3.94. The summed E-state index contributed by atoms with van der Waals surface area (Å²) in [5, 5.41) is 0. The van der Waals surface area contributed by atoms with Crippen LogP contribution in [0, 0.1) is 0 Å². The van der Waals surface area contributed by atoms with Gasteiger partial charge in [0.25, 0.3) is 0 Å². The fourth-order valence-corrected chi connectivity index (χ4v) is 4.31. The first-order valence-electron chi connectivity index (χ1n) is 9.45. The Morgan fingerprint density at radius 1 is 1.04 bits per heavy atom. The molecule has 1 aliphatic carbocycles. The van der Waals surface area contributed by atoms with Gasteiger partial charge in [0, 0.05) is 5.54 Å². The predicted molar refractivity (Wildman–Crippen MR) is 106 cm³/mol. The number of phosphoric ester groups is 1. The third kappa shape index (κ3) is 6.27.